The van der Waals surface area contributed by atoms with E-state index in [0.717, 1.165) is 0 Å². The van der Waals surface area contributed by atoms with Gasteiger partial charge in [0.15, 0.2) is 11.5 Å². The van der Waals surface area contributed by atoms with Crippen molar-refractivity contribution in [2.75, 3.05) is 13.3 Å². The second-order valence-corrected chi connectivity index (χ2v) is 4.12. The highest BCUT2D eigenvalue weighted by molar-refractivity contribution is 5.94. The van der Waals surface area contributed by atoms with Crippen molar-refractivity contribution in [2.45, 2.75) is 6.54 Å². The van der Waals surface area contributed by atoms with Gasteiger partial charge in [0.2, 0.25) is 6.79 Å². The minimum absolute atomic E-state index is 0.126. The molecule has 0 bridgehead atoms. The van der Waals surface area contributed by atoms with Crippen LogP contribution >= 0.6 is 0 Å². The zero-order valence-electron chi connectivity index (χ0n) is 10.2. The summed E-state index contributed by atoms with van der Waals surface area (Å²) in [7, 11) is 0. The number of ether oxygens (including phenoxy) is 2. The first-order chi connectivity index (χ1) is 9.33. The van der Waals surface area contributed by atoms with Crippen molar-refractivity contribution >= 4 is 5.91 Å². The van der Waals surface area contributed by atoms with Gasteiger partial charge in [-0.05, 0) is 18.2 Å². The maximum Gasteiger partial charge on any atom is 0.251 e. The minimum atomic E-state index is -0.126. The van der Waals surface area contributed by atoms with Crippen LogP contribution in [0.3, 0.4) is 0 Å². The van der Waals surface area contributed by atoms with Gasteiger partial charge in [0.25, 0.3) is 5.91 Å². The van der Waals surface area contributed by atoms with Crippen LogP contribution in [0.15, 0.2) is 36.9 Å². The van der Waals surface area contributed by atoms with Crippen molar-refractivity contribution in [1.29, 1.82) is 0 Å². The van der Waals surface area contributed by atoms with Gasteiger partial charge in [-0.25, -0.2) is 4.98 Å². The Hall–Kier alpha value is -2.50. The molecule has 6 nitrogen and oxygen atoms in total. The Morgan fingerprint density at radius 1 is 1.37 bits per heavy atom. The Balaban J connectivity index is 1.58. The molecular formula is C13H13N3O3. The van der Waals surface area contributed by atoms with Crippen LogP contribution in [0.5, 0.6) is 11.5 Å². The summed E-state index contributed by atoms with van der Waals surface area (Å²) in [6, 6.07) is 5.15. The van der Waals surface area contributed by atoms with E-state index in [1.165, 1.54) is 0 Å². The third kappa shape index (κ3) is 2.52. The van der Waals surface area contributed by atoms with Crippen LogP contribution in [-0.2, 0) is 6.54 Å². The van der Waals surface area contributed by atoms with Gasteiger partial charge in [0, 0.05) is 31.0 Å². The van der Waals surface area contributed by atoms with Gasteiger partial charge in [-0.1, -0.05) is 0 Å². The van der Waals surface area contributed by atoms with E-state index in [1.807, 2.05) is 10.8 Å². The summed E-state index contributed by atoms with van der Waals surface area (Å²) in [5.41, 5.74) is 0.565. The second-order valence-electron chi connectivity index (χ2n) is 4.12. The molecule has 1 N–H and O–H groups in total. The summed E-state index contributed by atoms with van der Waals surface area (Å²) in [4.78, 5) is 15.9. The van der Waals surface area contributed by atoms with E-state index in [9.17, 15) is 4.79 Å². The number of hydrogen-bond donors (Lipinski definition) is 1. The lowest BCUT2D eigenvalue weighted by Crippen LogP contribution is -2.26. The quantitative estimate of drug-likeness (QED) is 0.891. The molecule has 0 saturated heterocycles. The molecule has 1 aromatic carbocycles. The van der Waals surface area contributed by atoms with Gasteiger partial charge in [-0.15, -0.1) is 0 Å². The number of carbonyl (C=O) groups is 1. The molecule has 0 unspecified atom stereocenters. The Morgan fingerprint density at radius 2 is 2.26 bits per heavy atom. The van der Waals surface area contributed by atoms with Crippen LogP contribution < -0.4 is 14.8 Å². The maximum atomic E-state index is 11.9. The summed E-state index contributed by atoms with van der Waals surface area (Å²) < 4.78 is 12.3. The molecule has 0 radical (unpaired) electrons. The van der Waals surface area contributed by atoms with Crippen LogP contribution in [0.1, 0.15) is 10.4 Å². The summed E-state index contributed by atoms with van der Waals surface area (Å²) >= 11 is 0. The third-order valence-corrected chi connectivity index (χ3v) is 2.85. The minimum Gasteiger partial charge on any atom is -0.454 e. The zero-order chi connectivity index (χ0) is 13.1. The number of amides is 1. The van der Waals surface area contributed by atoms with Crippen LogP contribution in [0.2, 0.25) is 0 Å². The molecule has 1 aliphatic heterocycles. The normalized spacial score (nSPS) is 12.4. The van der Waals surface area contributed by atoms with E-state index in [-0.39, 0.29) is 12.7 Å². The van der Waals surface area contributed by atoms with Gasteiger partial charge < -0.3 is 19.4 Å². The topological polar surface area (TPSA) is 65.4 Å². The molecule has 0 saturated carbocycles. The monoisotopic (exact) mass is 259 g/mol. The highest BCUT2D eigenvalue weighted by Gasteiger charge is 2.15. The summed E-state index contributed by atoms with van der Waals surface area (Å²) in [6.07, 6.45) is 5.28. The molecule has 0 atom stereocenters. The van der Waals surface area contributed by atoms with E-state index in [4.69, 9.17) is 9.47 Å². The van der Waals surface area contributed by atoms with E-state index >= 15 is 0 Å². The van der Waals surface area contributed by atoms with Crippen molar-refractivity contribution in [3.05, 3.63) is 42.5 Å². The molecule has 98 valence electrons. The highest BCUT2D eigenvalue weighted by atomic mass is 16.7. The van der Waals surface area contributed by atoms with Crippen molar-refractivity contribution in [3.8, 4) is 11.5 Å². The number of fused-ring (bicyclic) bond motifs is 1. The van der Waals surface area contributed by atoms with E-state index in [0.29, 0.717) is 30.2 Å². The Bertz CT molecular complexity index is 581. The van der Waals surface area contributed by atoms with Crippen LogP contribution in [0.4, 0.5) is 0 Å². The average molecular weight is 259 g/mol. The number of rotatable bonds is 4. The van der Waals surface area contributed by atoms with Crippen LogP contribution in [0, 0.1) is 0 Å². The molecular weight excluding hydrogens is 246 g/mol. The molecule has 2 aromatic rings. The number of benzene rings is 1. The van der Waals surface area contributed by atoms with Crippen molar-refractivity contribution in [1.82, 2.24) is 14.9 Å². The Kier molecular flexibility index (Phi) is 3.06. The SMILES string of the molecule is O=C(NCCn1ccnc1)c1ccc2c(c1)OCO2. The van der Waals surface area contributed by atoms with Gasteiger partial charge >= 0.3 is 0 Å². The first-order valence-electron chi connectivity index (χ1n) is 5.96. The smallest absolute Gasteiger partial charge is 0.251 e. The number of carbonyl (C=O) groups excluding carboxylic acids is 1. The first-order valence-corrected chi connectivity index (χ1v) is 5.96. The lowest BCUT2D eigenvalue weighted by atomic mass is 10.2. The fourth-order valence-corrected chi connectivity index (χ4v) is 1.86. The number of nitrogens with zero attached hydrogens (tertiary/aromatic N) is 2. The van der Waals surface area contributed by atoms with Crippen LogP contribution in [-0.4, -0.2) is 28.8 Å². The molecule has 19 heavy (non-hydrogen) atoms. The number of aromatic nitrogens is 2. The molecule has 2 heterocycles. The lowest BCUT2D eigenvalue weighted by molar-refractivity contribution is 0.0952. The Labute approximate surface area is 110 Å². The Morgan fingerprint density at radius 3 is 3.11 bits per heavy atom. The maximum absolute atomic E-state index is 11.9. The molecule has 6 heteroatoms. The molecule has 1 amide bonds. The predicted octanol–water partition coefficient (Wildman–Crippen LogP) is 1.04. The summed E-state index contributed by atoms with van der Waals surface area (Å²) in [6.45, 7) is 1.45. The fourth-order valence-electron chi connectivity index (χ4n) is 1.86. The largest absolute Gasteiger partial charge is 0.454 e. The van der Waals surface area contributed by atoms with Gasteiger partial charge in [0.1, 0.15) is 0 Å². The fraction of sp³-hybridized carbons (Fsp3) is 0.231. The van der Waals surface area contributed by atoms with Crippen molar-refractivity contribution in [3.63, 3.8) is 0 Å². The number of nitrogens with one attached hydrogen (secondary N) is 1. The molecule has 0 fully saturated rings. The van der Waals surface area contributed by atoms with Gasteiger partial charge in [-0.2, -0.15) is 0 Å². The molecule has 3 rings (SSSR count). The van der Waals surface area contributed by atoms with E-state index in [1.54, 1.807) is 30.7 Å². The predicted molar refractivity (Wildman–Crippen MR) is 67.1 cm³/mol. The summed E-state index contributed by atoms with van der Waals surface area (Å²) in [5.74, 6) is 1.16. The van der Waals surface area contributed by atoms with E-state index in [2.05, 4.69) is 10.3 Å². The van der Waals surface area contributed by atoms with Crippen LogP contribution in [0.25, 0.3) is 0 Å². The first kappa shape index (κ1) is 11.6. The van der Waals surface area contributed by atoms with E-state index < -0.39 is 0 Å². The molecule has 0 spiro atoms. The van der Waals surface area contributed by atoms with Gasteiger partial charge in [-0.3, -0.25) is 4.79 Å². The highest BCUT2D eigenvalue weighted by Crippen LogP contribution is 2.32. The lowest BCUT2D eigenvalue weighted by Gasteiger charge is -2.06. The number of hydrogen-bond acceptors (Lipinski definition) is 4. The van der Waals surface area contributed by atoms with Crippen molar-refractivity contribution in [2.24, 2.45) is 0 Å². The second kappa shape index (κ2) is 5.01. The van der Waals surface area contributed by atoms with Crippen molar-refractivity contribution < 1.29 is 14.3 Å². The standard InChI is InChI=1S/C13H13N3O3/c17-13(15-4-6-16-5-3-14-8-16)10-1-2-11-12(7-10)19-9-18-11/h1-3,5,7-8H,4,6,9H2,(H,15,17). The average Bonchev–Trinajstić information content (AvgIpc) is 3.08. The zero-order valence-corrected chi connectivity index (χ0v) is 10.2. The molecule has 0 aliphatic carbocycles. The third-order valence-electron chi connectivity index (χ3n) is 2.85. The molecule has 1 aromatic heterocycles. The summed E-state index contributed by atoms with van der Waals surface area (Å²) in [5, 5.41) is 2.84. The number of imidazole rings is 1. The van der Waals surface area contributed by atoms with Gasteiger partial charge in [0.05, 0.1) is 6.33 Å². The molecule has 1 aliphatic rings.